The molecule has 0 spiro atoms. The Bertz CT molecular complexity index is 369. The number of hydrogen-bond donors (Lipinski definition) is 1. The summed E-state index contributed by atoms with van der Waals surface area (Å²) in [7, 11) is 0. The molecule has 0 radical (unpaired) electrons. The van der Waals surface area contributed by atoms with Crippen molar-refractivity contribution in [1.82, 2.24) is 5.32 Å². The van der Waals surface area contributed by atoms with Gasteiger partial charge in [0.1, 0.15) is 0 Å². The van der Waals surface area contributed by atoms with Gasteiger partial charge in [0.2, 0.25) is 5.91 Å². The summed E-state index contributed by atoms with van der Waals surface area (Å²) in [4.78, 5) is 11.3. The third-order valence-electron chi connectivity index (χ3n) is 2.22. The summed E-state index contributed by atoms with van der Waals surface area (Å²) in [5, 5.41) is 2.90. The Labute approximate surface area is 91.0 Å². The van der Waals surface area contributed by atoms with E-state index in [0.717, 1.165) is 5.56 Å². The molecule has 2 nitrogen and oxygen atoms in total. The first-order valence-corrected chi connectivity index (χ1v) is 5.13. The number of hydrogen-bond acceptors (Lipinski definition) is 1. The van der Waals surface area contributed by atoms with Crippen LogP contribution in [0.5, 0.6) is 0 Å². The standard InChI is InChI=1S/C13H17NO/c1-4-6-13(15)14-11(3)12-8-5-7-10(2)9-12/h4-9,11H,1-3H3,(H,14,15)/b6-4+/t11-/m0/s1. The highest BCUT2D eigenvalue weighted by Gasteiger charge is 2.06. The zero-order valence-electron chi connectivity index (χ0n) is 9.45. The number of allylic oxidation sites excluding steroid dienone is 1. The van der Waals surface area contributed by atoms with Crippen molar-refractivity contribution in [3.8, 4) is 0 Å². The number of benzene rings is 1. The average molecular weight is 203 g/mol. The number of rotatable bonds is 3. The molecule has 0 aliphatic heterocycles. The van der Waals surface area contributed by atoms with E-state index in [-0.39, 0.29) is 11.9 Å². The van der Waals surface area contributed by atoms with Crippen molar-refractivity contribution in [2.45, 2.75) is 26.8 Å². The highest BCUT2D eigenvalue weighted by molar-refractivity contribution is 5.87. The molecule has 1 aromatic carbocycles. The molecule has 80 valence electrons. The van der Waals surface area contributed by atoms with Crippen LogP contribution in [0, 0.1) is 6.92 Å². The van der Waals surface area contributed by atoms with E-state index in [1.807, 2.05) is 39.0 Å². The lowest BCUT2D eigenvalue weighted by molar-refractivity contribution is -0.117. The van der Waals surface area contributed by atoms with E-state index in [1.54, 1.807) is 6.08 Å². The summed E-state index contributed by atoms with van der Waals surface area (Å²) in [6, 6.07) is 8.20. The molecule has 0 unspecified atom stereocenters. The highest BCUT2D eigenvalue weighted by atomic mass is 16.1. The van der Waals surface area contributed by atoms with Crippen molar-refractivity contribution in [2.24, 2.45) is 0 Å². The van der Waals surface area contributed by atoms with Crippen LogP contribution in [0.25, 0.3) is 0 Å². The van der Waals surface area contributed by atoms with Crippen molar-refractivity contribution in [2.75, 3.05) is 0 Å². The van der Waals surface area contributed by atoms with Gasteiger partial charge < -0.3 is 5.32 Å². The fraction of sp³-hybridized carbons (Fsp3) is 0.308. The molecule has 2 heteroatoms. The first-order valence-electron chi connectivity index (χ1n) is 5.13. The van der Waals surface area contributed by atoms with Gasteiger partial charge in [0, 0.05) is 0 Å². The maximum Gasteiger partial charge on any atom is 0.244 e. The second-order valence-electron chi connectivity index (χ2n) is 3.64. The van der Waals surface area contributed by atoms with Crippen molar-refractivity contribution in [1.29, 1.82) is 0 Å². The molecule has 0 saturated heterocycles. The normalized spacial score (nSPS) is 12.7. The Morgan fingerprint density at radius 3 is 2.80 bits per heavy atom. The van der Waals surface area contributed by atoms with Crippen molar-refractivity contribution < 1.29 is 4.79 Å². The van der Waals surface area contributed by atoms with Gasteiger partial charge in [-0.05, 0) is 32.4 Å². The third-order valence-corrected chi connectivity index (χ3v) is 2.22. The summed E-state index contributed by atoms with van der Waals surface area (Å²) in [6.45, 7) is 5.86. The molecule has 15 heavy (non-hydrogen) atoms. The Morgan fingerprint density at radius 1 is 1.47 bits per heavy atom. The van der Waals surface area contributed by atoms with Gasteiger partial charge in [-0.1, -0.05) is 35.9 Å². The smallest absolute Gasteiger partial charge is 0.244 e. The van der Waals surface area contributed by atoms with E-state index < -0.39 is 0 Å². The molecule has 0 saturated carbocycles. The van der Waals surface area contributed by atoms with E-state index in [0.29, 0.717) is 0 Å². The zero-order chi connectivity index (χ0) is 11.3. The largest absolute Gasteiger partial charge is 0.346 e. The van der Waals surface area contributed by atoms with E-state index in [4.69, 9.17) is 0 Å². The van der Waals surface area contributed by atoms with Crippen molar-refractivity contribution >= 4 is 5.91 Å². The van der Waals surface area contributed by atoms with Crippen LogP contribution in [0.4, 0.5) is 0 Å². The lowest BCUT2D eigenvalue weighted by Crippen LogP contribution is -2.24. The van der Waals surface area contributed by atoms with Crippen LogP contribution < -0.4 is 5.32 Å². The molecule has 1 N–H and O–H groups in total. The summed E-state index contributed by atoms with van der Waals surface area (Å²) >= 11 is 0. The molecule has 1 amide bonds. The van der Waals surface area contributed by atoms with Gasteiger partial charge in [-0.25, -0.2) is 0 Å². The summed E-state index contributed by atoms with van der Waals surface area (Å²) in [5.41, 5.74) is 2.34. The maximum atomic E-state index is 11.3. The molecule has 1 aromatic rings. The quantitative estimate of drug-likeness (QED) is 0.752. The van der Waals surface area contributed by atoms with Crippen LogP contribution in [0.2, 0.25) is 0 Å². The third kappa shape index (κ3) is 3.58. The van der Waals surface area contributed by atoms with Crippen LogP contribution in [-0.2, 0) is 4.79 Å². The van der Waals surface area contributed by atoms with E-state index >= 15 is 0 Å². The Hall–Kier alpha value is -1.57. The second-order valence-corrected chi connectivity index (χ2v) is 3.64. The minimum atomic E-state index is -0.0495. The van der Waals surface area contributed by atoms with E-state index in [2.05, 4.69) is 11.4 Å². The molecule has 0 bridgehead atoms. The number of aryl methyl sites for hydroxylation is 1. The minimum absolute atomic E-state index is 0.0495. The second kappa shape index (κ2) is 5.35. The van der Waals surface area contributed by atoms with Crippen molar-refractivity contribution in [3.05, 3.63) is 47.5 Å². The molecule has 0 heterocycles. The van der Waals surface area contributed by atoms with Crippen LogP contribution in [0.3, 0.4) is 0 Å². The summed E-state index contributed by atoms with van der Waals surface area (Å²) in [6.07, 6.45) is 3.27. The van der Waals surface area contributed by atoms with E-state index in [1.165, 1.54) is 11.6 Å². The summed E-state index contributed by atoms with van der Waals surface area (Å²) in [5.74, 6) is -0.0495. The first kappa shape index (κ1) is 11.5. The molecule has 0 aliphatic rings. The molecular weight excluding hydrogens is 186 g/mol. The Kier molecular flexibility index (Phi) is 4.10. The fourth-order valence-corrected chi connectivity index (χ4v) is 1.44. The predicted molar refractivity (Wildman–Crippen MR) is 62.6 cm³/mol. The number of amides is 1. The van der Waals surface area contributed by atoms with E-state index in [9.17, 15) is 4.79 Å². The van der Waals surface area contributed by atoms with Crippen LogP contribution in [0.1, 0.15) is 31.0 Å². The number of carbonyl (C=O) groups is 1. The monoisotopic (exact) mass is 203 g/mol. The molecule has 0 fully saturated rings. The Balaban J connectivity index is 2.68. The fourth-order valence-electron chi connectivity index (χ4n) is 1.44. The average Bonchev–Trinajstić information content (AvgIpc) is 2.18. The number of carbonyl (C=O) groups excluding carboxylic acids is 1. The lowest BCUT2D eigenvalue weighted by atomic mass is 10.1. The van der Waals surface area contributed by atoms with Gasteiger partial charge in [-0.3, -0.25) is 4.79 Å². The SMILES string of the molecule is C/C=C/C(=O)N[C@@H](C)c1cccc(C)c1. The maximum absolute atomic E-state index is 11.3. The van der Waals surface area contributed by atoms with Gasteiger partial charge in [-0.15, -0.1) is 0 Å². The number of nitrogens with one attached hydrogen (secondary N) is 1. The van der Waals surface area contributed by atoms with Gasteiger partial charge in [0.05, 0.1) is 6.04 Å². The molecule has 0 aromatic heterocycles. The predicted octanol–water partition coefficient (Wildman–Crippen LogP) is 2.75. The van der Waals surface area contributed by atoms with Crippen LogP contribution >= 0.6 is 0 Å². The summed E-state index contributed by atoms with van der Waals surface area (Å²) < 4.78 is 0. The lowest BCUT2D eigenvalue weighted by Gasteiger charge is -2.13. The zero-order valence-corrected chi connectivity index (χ0v) is 9.45. The first-order chi connectivity index (χ1) is 7.13. The van der Waals surface area contributed by atoms with Crippen LogP contribution in [-0.4, -0.2) is 5.91 Å². The van der Waals surface area contributed by atoms with Gasteiger partial charge >= 0.3 is 0 Å². The topological polar surface area (TPSA) is 29.1 Å². The Morgan fingerprint density at radius 2 is 2.20 bits per heavy atom. The highest BCUT2D eigenvalue weighted by Crippen LogP contribution is 2.13. The molecule has 0 aliphatic carbocycles. The molecular formula is C13H17NO. The minimum Gasteiger partial charge on any atom is -0.346 e. The van der Waals surface area contributed by atoms with Crippen molar-refractivity contribution in [3.63, 3.8) is 0 Å². The van der Waals surface area contributed by atoms with Gasteiger partial charge in [0.25, 0.3) is 0 Å². The van der Waals surface area contributed by atoms with Gasteiger partial charge in [-0.2, -0.15) is 0 Å². The molecule has 1 rings (SSSR count). The molecule has 1 atom stereocenters. The van der Waals surface area contributed by atoms with Gasteiger partial charge in [0.15, 0.2) is 0 Å². The van der Waals surface area contributed by atoms with Crippen LogP contribution in [0.15, 0.2) is 36.4 Å².